The van der Waals surface area contributed by atoms with Gasteiger partial charge in [-0.25, -0.2) is 0 Å². The number of nitrogens with zero attached hydrogens (tertiary/aromatic N) is 2. The molecule has 1 aromatic heterocycles. The molecule has 0 spiro atoms. The van der Waals surface area contributed by atoms with Gasteiger partial charge in [0.05, 0.1) is 11.0 Å². The number of hydrogen-bond donors (Lipinski definition) is 0. The standard InChI is InChI=1S/C56H38N2/c1-2-13-44-37-45(28-27-39(44)11-1)42-25-23-40(24-26-42)41-29-31-47(32-30-41)57(50-16-9-15-46(38-50)52-20-10-14-43-12-3-4-17-51(43)52)48-33-35-49(36-34-48)58-55-21-7-5-18-53(55)54-19-6-8-22-56(54)58/h1-38H. The maximum Gasteiger partial charge on any atom is 0.0541 e. The molecular weight excluding hydrogens is 701 g/mol. The zero-order chi connectivity index (χ0) is 38.4. The lowest BCUT2D eigenvalue weighted by molar-refractivity contribution is 1.17. The Morgan fingerprint density at radius 1 is 0.276 bits per heavy atom. The van der Waals surface area contributed by atoms with Crippen LogP contribution in [-0.4, -0.2) is 4.57 Å². The van der Waals surface area contributed by atoms with E-state index in [4.69, 9.17) is 0 Å². The molecule has 0 radical (unpaired) electrons. The first kappa shape index (κ1) is 33.6. The number of anilines is 3. The van der Waals surface area contributed by atoms with Gasteiger partial charge in [0.2, 0.25) is 0 Å². The Morgan fingerprint density at radius 2 is 0.776 bits per heavy atom. The van der Waals surface area contributed by atoms with Crippen LogP contribution in [0.3, 0.4) is 0 Å². The first-order valence-electron chi connectivity index (χ1n) is 19.9. The van der Waals surface area contributed by atoms with Crippen molar-refractivity contribution in [1.29, 1.82) is 0 Å². The molecular formula is C56H38N2. The largest absolute Gasteiger partial charge is 0.310 e. The van der Waals surface area contributed by atoms with Crippen LogP contribution in [-0.2, 0) is 0 Å². The van der Waals surface area contributed by atoms with Crippen molar-refractivity contribution in [1.82, 2.24) is 4.57 Å². The smallest absolute Gasteiger partial charge is 0.0541 e. The van der Waals surface area contributed by atoms with Gasteiger partial charge in [0.1, 0.15) is 0 Å². The number of hydrogen-bond acceptors (Lipinski definition) is 1. The lowest BCUT2D eigenvalue weighted by atomic mass is 9.97. The number of aromatic nitrogens is 1. The number of benzene rings is 10. The van der Waals surface area contributed by atoms with E-state index in [1.165, 1.54) is 76.7 Å². The second kappa shape index (κ2) is 14.1. The Labute approximate surface area is 338 Å². The summed E-state index contributed by atoms with van der Waals surface area (Å²) in [6.45, 7) is 0. The van der Waals surface area contributed by atoms with E-state index in [1.54, 1.807) is 0 Å². The number of para-hydroxylation sites is 2. The van der Waals surface area contributed by atoms with Crippen LogP contribution in [0.15, 0.2) is 231 Å². The fourth-order valence-corrected chi connectivity index (χ4v) is 8.72. The molecule has 11 aromatic rings. The predicted molar refractivity (Wildman–Crippen MR) is 247 cm³/mol. The molecule has 58 heavy (non-hydrogen) atoms. The molecule has 0 saturated heterocycles. The molecule has 2 heteroatoms. The van der Waals surface area contributed by atoms with Gasteiger partial charge in [-0.15, -0.1) is 0 Å². The van der Waals surface area contributed by atoms with E-state index in [2.05, 4.69) is 240 Å². The molecule has 0 bridgehead atoms. The molecule has 10 aromatic carbocycles. The van der Waals surface area contributed by atoms with Gasteiger partial charge >= 0.3 is 0 Å². The summed E-state index contributed by atoms with van der Waals surface area (Å²) >= 11 is 0. The maximum atomic E-state index is 2.37. The summed E-state index contributed by atoms with van der Waals surface area (Å²) in [5, 5.41) is 7.53. The molecule has 1 heterocycles. The number of fused-ring (bicyclic) bond motifs is 5. The van der Waals surface area contributed by atoms with E-state index in [1.807, 2.05) is 0 Å². The van der Waals surface area contributed by atoms with Gasteiger partial charge in [0.25, 0.3) is 0 Å². The SMILES string of the molecule is c1cc(-c2cccc3ccccc23)cc(N(c2ccc(-c3ccc(-c4ccc5ccccc5c4)cc3)cc2)c2ccc(-n3c4ccccc4c4ccccc43)cc2)c1. The van der Waals surface area contributed by atoms with Crippen LogP contribution in [0.5, 0.6) is 0 Å². The molecule has 272 valence electrons. The van der Waals surface area contributed by atoms with Crippen molar-refractivity contribution in [2.24, 2.45) is 0 Å². The van der Waals surface area contributed by atoms with E-state index >= 15 is 0 Å². The van der Waals surface area contributed by atoms with Gasteiger partial charge in [-0.2, -0.15) is 0 Å². The average Bonchev–Trinajstić information content (AvgIpc) is 3.64. The molecule has 0 saturated carbocycles. The quantitative estimate of drug-likeness (QED) is 0.158. The summed E-state index contributed by atoms with van der Waals surface area (Å²) in [4.78, 5) is 2.37. The Hall–Kier alpha value is -7.68. The second-order valence-electron chi connectivity index (χ2n) is 15.0. The van der Waals surface area contributed by atoms with Crippen LogP contribution in [0, 0.1) is 0 Å². The Kier molecular flexibility index (Phi) is 8.19. The molecule has 0 N–H and O–H groups in total. The van der Waals surface area contributed by atoms with E-state index < -0.39 is 0 Å². The Morgan fingerprint density at radius 3 is 1.47 bits per heavy atom. The highest BCUT2D eigenvalue weighted by atomic mass is 15.1. The van der Waals surface area contributed by atoms with Crippen molar-refractivity contribution in [2.45, 2.75) is 0 Å². The van der Waals surface area contributed by atoms with Crippen LogP contribution in [0.4, 0.5) is 17.1 Å². The van der Waals surface area contributed by atoms with Crippen molar-refractivity contribution >= 4 is 60.4 Å². The van der Waals surface area contributed by atoms with Crippen LogP contribution in [0.2, 0.25) is 0 Å². The molecule has 0 aliphatic heterocycles. The van der Waals surface area contributed by atoms with Gasteiger partial charge in [-0.1, -0.05) is 164 Å². The molecule has 11 rings (SSSR count). The third-order valence-corrected chi connectivity index (χ3v) is 11.6. The maximum absolute atomic E-state index is 2.37. The van der Waals surface area contributed by atoms with E-state index in [-0.39, 0.29) is 0 Å². The van der Waals surface area contributed by atoms with Crippen molar-refractivity contribution in [3.8, 4) is 39.1 Å². The average molecular weight is 739 g/mol. The summed E-state index contributed by atoms with van der Waals surface area (Å²) in [6, 6.07) is 83.7. The topological polar surface area (TPSA) is 8.17 Å². The van der Waals surface area contributed by atoms with Gasteiger partial charge in [-0.05, 0) is 122 Å². The first-order chi connectivity index (χ1) is 28.7. The van der Waals surface area contributed by atoms with Crippen LogP contribution in [0.1, 0.15) is 0 Å². The minimum atomic E-state index is 1.09. The van der Waals surface area contributed by atoms with E-state index in [0.29, 0.717) is 0 Å². The summed E-state index contributed by atoms with van der Waals surface area (Å²) in [5.74, 6) is 0. The minimum absolute atomic E-state index is 1.09. The summed E-state index contributed by atoms with van der Waals surface area (Å²) < 4.78 is 2.37. The van der Waals surface area contributed by atoms with E-state index in [9.17, 15) is 0 Å². The van der Waals surface area contributed by atoms with Crippen molar-refractivity contribution < 1.29 is 0 Å². The Bertz CT molecular complexity index is 3200. The molecule has 0 fully saturated rings. The zero-order valence-electron chi connectivity index (χ0n) is 31.8. The molecule has 0 aliphatic carbocycles. The van der Waals surface area contributed by atoms with Gasteiger partial charge in [0, 0.05) is 33.5 Å². The van der Waals surface area contributed by atoms with Crippen LogP contribution >= 0.6 is 0 Å². The van der Waals surface area contributed by atoms with Gasteiger partial charge < -0.3 is 9.47 Å². The second-order valence-corrected chi connectivity index (χ2v) is 15.0. The highest BCUT2D eigenvalue weighted by Gasteiger charge is 2.17. The number of rotatable bonds is 7. The predicted octanol–water partition coefficient (Wildman–Crippen LogP) is 15.6. The minimum Gasteiger partial charge on any atom is -0.310 e. The van der Waals surface area contributed by atoms with Crippen molar-refractivity contribution in [3.05, 3.63) is 231 Å². The summed E-state index contributed by atoms with van der Waals surface area (Å²) in [7, 11) is 0. The first-order valence-corrected chi connectivity index (χ1v) is 19.9. The molecule has 0 amide bonds. The monoisotopic (exact) mass is 738 g/mol. The fourth-order valence-electron chi connectivity index (χ4n) is 8.72. The lowest BCUT2D eigenvalue weighted by Gasteiger charge is -2.26. The molecule has 0 unspecified atom stereocenters. The summed E-state index contributed by atoms with van der Waals surface area (Å²) in [5.41, 5.74) is 14.1. The third-order valence-electron chi connectivity index (χ3n) is 11.6. The van der Waals surface area contributed by atoms with Crippen LogP contribution < -0.4 is 4.90 Å². The molecule has 2 nitrogen and oxygen atoms in total. The summed E-state index contributed by atoms with van der Waals surface area (Å²) in [6.07, 6.45) is 0. The van der Waals surface area contributed by atoms with Gasteiger partial charge in [0.15, 0.2) is 0 Å². The zero-order valence-corrected chi connectivity index (χ0v) is 31.8. The molecule has 0 atom stereocenters. The van der Waals surface area contributed by atoms with Gasteiger partial charge in [-0.3, -0.25) is 0 Å². The third kappa shape index (κ3) is 5.91. The normalized spacial score (nSPS) is 11.4. The van der Waals surface area contributed by atoms with Crippen molar-refractivity contribution in [2.75, 3.05) is 4.90 Å². The molecule has 0 aliphatic rings. The Balaban J connectivity index is 0.982. The lowest BCUT2D eigenvalue weighted by Crippen LogP contribution is -2.10. The van der Waals surface area contributed by atoms with Crippen LogP contribution in [0.25, 0.3) is 82.4 Å². The highest BCUT2D eigenvalue weighted by Crippen LogP contribution is 2.40. The van der Waals surface area contributed by atoms with Crippen molar-refractivity contribution in [3.63, 3.8) is 0 Å². The van der Waals surface area contributed by atoms with E-state index in [0.717, 1.165) is 22.7 Å². The fraction of sp³-hybridized carbons (Fsp3) is 0. The highest BCUT2D eigenvalue weighted by molar-refractivity contribution is 6.09.